The molecule has 3 rings (SSSR count). The molecule has 2 heterocycles. The molecule has 0 aromatic rings. The molecular formula is C12H20N4O2. The molecule has 5 atom stereocenters. The lowest BCUT2D eigenvalue weighted by Gasteiger charge is -2.37. The van der Waals surface area contributed by atoms with Crippen LogP contribution < -0.4 is 22.9 Å². The Morgan fingerprint density at radius 1 is 1.00 bits per heavy atom. The number of hydrogen-bond acceptors (Lipinski definition) is 6. The minimum atomic E-state index is -0.491. The standard InChI is InChI=1S/C12H20N4O2/c1-5-8(13)18-11(16)12(5)3-2-6-7(4-12)10(15)17-9(6)14/h8-11H,1-4,13-16H2. The summed E-state index contributed by atoms with van der Waals surface area (Å²) in [6, 6.07) is 0. The first-order chi connectivity index (χ1) is 8.45. The van der Waals surface area contributed by atoms with E-state index in [1.807, 2.05) is 0 Å². The molecule has 0 bridgehead atoms. The monoisotopic (exact) mass is 252 g/mol. The second kappa shape index (κ2) is 3.86. The van der Waals surface area contributed by atoms with E-state index in [0.29, 0.717) is 6.42 Å². The van der Waals surface area contributed by atoms with Crippen LogP contribution in [0.1, 0.15) is 19.3 Å². The van der Waals surface area contributed by atoms with Crippen molar-refractivity contribution in [3.8, 4) is 0 Å². The third-order valence-electron chi connectivity index (χ3n) is 4.56. The van der Waals surface area contributed by atoms with E-state index >= 15 is 0 Å². The average Bonchev–Trinajstić information content (AvgIpc) is 2.72. The topological polar surface area (TPSA) is 123 Å². The SMILES string of the molecule is C=C1C(N)OC(N)C12CCC1=C(C2)C(N)OC1N. The summed E-state index contributed by atoms with van der Waals surface area (Å²) in [6.45, 7) is 4.06. The molecule has 6 nitrogen and oxygen atoms in total. The van der Waals surface area contributed by atoms with Crippen molar-refractivity contribution in [2.45, 2.75) is 44.2 Å². The highest BCUT2D eigenvalue weighted by molar-refractivity contribution is 5.36. The second-order valence-electron chi connectivity index (χ2n) is 5.36. The Morgan fingerprint density at radius 2 is 1.67 bits per heavy atom. The van der Waals surface area contributed by atoms with Gasteiger partial charge in [0.25, 0.3) is 0 Å². The summed E-state index contributed by atoms with van der Waals surface area (Å²) in [7, 11) is 0. The van der Waals surface area contributed by atoms with Gasteiger partial charge in [0.1, 0.15) is 24.9 Å². The Hall–Kier alpha value is -0.760. The number of hydrogen-bond donors (Lipinski definition) is 4. The van der Waals surface area contributed by atoms with Crippen molar-refractivity contribution in [1.29, 1.82) is 0 Å². The van der Waals surface area contributed by atoms with Crippen LogP contribution in [0.4, 0.5) is 0 Å². The highest BCUT2D eigenvalue weighted by atomic mass is 16.5. The van der Waals surface area contributed by atoms with E-state index in [1.165, 1.54) is 0 Å². The zero-order valence-corrected chi connectivity index (χ0v) is 10.3. The molecule has 0 aromatic heterocycles. The van der Waals surface area contributed by atoms with Crippen LogP contribution in [0, 0.1) is 5.41 Å². The Morgan fingerprint density at radius 3 is 2.28 bits per heavy atom. The summed E-state index contributed by atoms with van der Waals surface area (Å²) in [5.74, 6) is 0. The van der Waals surface area contributed by atoms with Gasteiger partial charge in [0.15, 0.2) is 0 Å². The van der Waals surface area contributed by atoms with E-state index in [9.17, 15) is 0 Å². The molecule has 0 aromatic carbocycles. The summed E-state index contributed by atoms with van der Waals surface area (Å²) in [4.78, 5) is 0. The van der Waals surface area contributed by atoms with Crippen LogP contribution in [0.3, 0.4) is 0 Å². The van der Waals surface area contributed by atoms with Crippen molar-refractivity contribution in [2.75, 3.05) is 0 Å². The molecule has 2 aliphatic heterocycles. The third kappa shape index (κ3) is 1.45. The van der Waals surface area contributed by atoms with Gasteiger partial charge < -0.3 is 32.4 Å². The maximum absolute atomic E-state index is 6.09. The zero-order chi connectivity index (χ0) is 13.1. The molecule has 1 saturated heterocycles. The van der Waals surface area contributed by atoms with Crippen LogP contribution >= 0.6 is 0 Å². The first-order valence-corrected chi connectivity index (χ1v) is 6.20. The van der Waals surface area contributed by atoms with Gasteiger partial charge in [-0.05, 0) is 36.0 Å². The molecule has 0 saturated carbocycles. The zero-order valence-electron chi connectivity index (χ0n) is 10.3. The van der Waals surface area contributed by atoms with E-state index in [4.69, 9.17) is 32.4 Å². The molecule has 3 aliphatic rings. The fraction of sp³-hybridized carbons (Fsp3) is 0.667. The first kappa shape index (κ1) is 12.3. The van der Waals surface area contributed by atoms with Crippen molar-refractivity contribution in [3.63, 3.8) is 0 Å². The fourth-order valence-corrected chi connectivity index (χ4v) is 3.34. The van der Waals surface area contributed by atoms with E-state index in [0.717, 1.165) is 29.6 Å². The predicted molar refractivity (Wildman–Crippen MR) is 66.5 cm³/mol. The quantitative estimate of drug-likeness (QED) is 0.419. The molecule has 1 fully saturated rings. The maximum Gasteiger partial charge on any atom is 0.130 e. The summed E-state index contributed by atoms with van der Waals surface area (Å²) in [6.07, 6.45) is 0.588. The Bertz CT molecular complexity index is 436. The molecule has 1 spiro atoms. The van der Waals surface area contributed by atoms with Gasteiger partial charge in [-0.3, -0.25) is 0 Å². The van der Waals surface area contributed by atoms with Crippen LogP contribution in [0.2, 0.25) is 0 Å². The van der Waals surface area contributed by atoms with Gasteiger partial charge in [-0.25, -0.2) is 0 Å². The lowest BCUT2D eigenvalue weighted by Crippen LogP contribution is -2.42. The maximum atomic E-state index is 6.09. The van der Waals surface area contributed by atoms with Gasteiger partial charge in [-0.2, -0.15) is 0 Å². The minimum absolute atomic E-state index is 0.316. The van der Waals surface area contributed by atoms with Crippen LogP contribution in [-0.4, -0.2) is 24.9 Å². The van der Waals surface area contributed by atoms with Crippen molar-refractivity contribution < 1.29 is 9.47 Å². The lowest BCUT2D eigenvalue weighted by molar-refractivity contribution is 0.0127. The van der Waals surface area contributed by atoms with Gasteiger partial charge in [0.05, 0.1) is 0 Å². The number of rotatable bonds is 0. The normalized spacial score (nSPS) is 48.1. The van der Waals surface area contributed by atoms with Crippen molar-refractivity contribution in [1.82, 2.24) is 0 Å². The Balaban J connectivity index is 1.95. The molecule has 0 radical (unpaired) electrons. The molecule has 8 N–H and O–H groups in total. The van der Waals surface area contributed by atoms with Crippen molar-refractivity contribution in [3.05, 3.63) is 23.3 Å². The van der Waals surface area contributed by atoms with Crippen LogP contribution in [-0.2, 0) is 9.47 Å². The highest BCUT2D eigenvalue weighted by Crippen LogP contribution is 2.53. The van der Waals surface area contributed by atoms with Gasteiger partial charge >= 0.3 is 0 Å². The molecule has 18 heavy (non-hydrogen) atoms. The predicted octanol–water partition coefficient (Wildman–Crippen LogP) is -0.791. The molecular weight excluding hydrogens is 232 g/mol. The summed E-state index contributed by atoms with van der Waals surface area (Å²) < 4.78 is 10.9. The second-order valence-corrected chi connectivity index (χ2v) is 5.36. The fourth-order valence-electron chi connectivity index (χ4n) is 3.34. The third-order valence-corrected chi connectivity index (χ3v) is 4.56. The molecule has 1 aliphatic carbocycles. The van der Waals surface area contributed by atoms with Crippen LogP contribution in [0.15, 0.2) is 23.3 Å². The molecule has 5 unspecified atom stereocenters. The first-order valence-electron chi connectivity index (χ1n) is 6.20. The van der Waals surface area contributed by atoms with E-state index in [-0.39, 0.29) is 11.6 Å². The van der Waals surface area contributed by atoms with E-state index < -0.39 is 18.7 Å². The minimum Gasteiger partial charge on any atom is -0.341 e. The molecule has 0 amide bonds. The Kier molecular flexibility index (Phi) is 2.64. The highest BCUT2D eigenvalue weighted by Gasteiger charge is 2.53. The van der Waals surface area contributed by atoms with Gasteiger partial charge in [-0.15, -0.1) is 0 Å². The van der Waals surface area contributed by atoms with Gasteiger partial charge in [-0.1, -0.05) is 6.58 Å². The Labute approximate surface area is 106 Å². The number of nitrogens with two attached hydrogens (primary N) is 4. The largest absolute Gasteiger partial charge is 0.341 e. The summed E-state index contributed by atoms with van der Waals surface area (Å²) >= 11 is 0. The van der Waals surface area contributed by atoms with Crippen molar-refractivity contribution in [2.24, 2.45) is 28.3 Å². The van der Waals surface area contributed by atoms with Crippen LogP contribution in [0.5, 0.6) is 0 Å². The van der Waals surface area contributed by atoms with E-state index in [1.54, 1.807) is 0 Å². The van der Waals surface area contributed by atoms with E-state index in [2.05, 4.69) is 6.58 Å². The number of ether oxygens (including phenoxy) is 2. The van der Waals surface area contributed by atoms with Crippen molar-refractivity contribution >= 4 is 0 Å². The molecule has 6 heteroatoms. The van der Waals surface area contributed by atoms with Crippen LogP contribution in [0.25, 0.3) is 0 Å². The summed E-state index contributed by atoms with van der Waals surface area (Å²) in [5.41, 5.74) is 26.5. The lowest BCUT2D eigenvalue weighted by atomic mass is 9.67. The van der Waals surface area contributed by atoms with Gasteiger partial charge in [0, 0.05) is 5.41 Å². The summed E-state index contributed by atoms with van der Waals surface area (Å²) in [5, 5.41) is 0. The smallest absolute Gasteiger partial charge is 0.130 e. The average molecular weight is 252 g/mol. The molecule has 100 valence electrons. The van der Waals surface area contributed by atoms with Gasteiger partial charge in [0.2, 0.25) is 0 Å².